The smallest absolute Gasteiger partial charge is 0.214 e. The predicted octanol–water partition coefficient (Wildman–Crippen LogP) is 0.766. The molecule has 0 aliphatic rings. The largest absolute Gasteiger partial charge is 0.478 e. The zero-order valence-electron chi connectivity index (χ0n) is 17.0. The molecule has 10 N–H and O–H groups in total. The standard InChI is InChI=1S/C19H35N9O/c20-17(21)15-8-9-16(28-14-15)29-13-7-6-12-27-19(24)26-11-5-3-1-2-4-10-25-18(22)23/h8-9,12,14,17H,1-7,10-11,13,20-21H2,(H2,24,26)(H4,22,23,25). The molecule has 0 spiro atoms. The minimum absolute atomic E-state index is 0.156. The monoisotopic (exact) mass is 405 g/mol. The summed E-state index contributed by atoms with van der Waals surface area (Å²) in [7, 11) is 0. The third-order valence-electron chi connectivity index (χ3n) is 3.98. The third-order valence-corrected chi connectivity index (χ3v) is 3.98. The van der Waals surface area contributed by atoms with Crippen LogP contribution < -0.4 is 33.4 Å². The molecule has 10 heteroatoms. The molecule has 1 aromatic rings. The van der Waals surface area contributed by atoms with Gasteiger partial charge in [0, 0.05) is 37.1 Å². The Labute approximate surface area is 172 Å². The van der Waals surface area contributed by atoms with Gasteiger partial charge in [-0.15, -0.1) is 0 Å². The normalized spacial score (nSPS) is 11.9. The van der Waals surface area contributed by atoms with E-state index in [1.807, 2.05) is 0 Å². The van der Waals surface area contributed by atoms with Crippen LogP contribution in [0, 0.1) is 0 Å². The molecule has 162 valence electrons. The van der Waals surface area contributed by atoms with Gasteiger partial charge in [-0.2, -0.15) is 0 Å². The number of ether oxygens (including phenoxy) is 1. The Morgan fingerprint density at radius 3 is 2.28 bits per heavy atom. The van der Waals surface area contributed by atoms with Crippen LogP contribution >= 0.6 is 0 Å². The SMILES string of the molecule is NC(N)=NCCCCCCCN=C(N)N=CCCCOc1ccc(C(N)N)cn1. The van der Waals surface area contributed by atoms with Crippen LogP contribution in [0.2, 0.25) is 0 Å². The van der Waals surface area contributed by atoms with E-state index in [1.165, 1.54) is 0 Å². The third kappa shape index (κ3) is 13.1. The molecule has 1 aromatic heterocycles. The van der Waals surface area contributed by atoms with Gasteiger partial charge >= 0.3 is 0 Å². The van der Waals surface area contributed by atoms with Gasteiger partial charge in [-0.25, -0.2) is 9.98 Å². The van der Waals surface area contributed by atoms with Gasteiger partial charge in [-0.05, 0) is 31.7 Å². The number of unbranched alkanes of at least 4 members (excludes halogenated alkanes) is 5. The van der Waals surface area contributed by atoms with Gasteiger partial charge in [0.1, 0.15) is 0 Å². The zero-order chi connectivity index (χ0) is 21.3. The number of hydrogen-bond donors (Lipinski definition) is 5. The van der Waals surface area contributed by atoms with Gasteiger partial charge in [-0.1, -0.05) is 19.3 Å². The van der Waals surface area contributed by atoms with Crippen molar-refractivity contribution in [3.63, 3.8) is 0 Å². The first-order valence-corrected chi connectivity index (χ1v) is 9.97. The number of hydrogen-bond acceptors (Lipinski definition) is 6. The van der Waals surface area contributed by atoms with E-state index in [0.29, 0.717) is 31.5 Å². The Balaban J connectivity index is 2.03. The van der Waals surface area contributed by atoms with E-state index in [1.54, 1.807) is 24.5 Å². The average molecular weight is 406 g/mol. The van der Waals surface area contributed by atoms with Crippen LogP contribution in [0.5, 0.6) is 5.88 Å². The molecule has 0 saturated carbocycles. The van der Waals surface area contributed by atoms with Crippen molar-refractivity contribution in [2.24, 2.45) is 43.6 Å². The molecule has 0 fully saturated rings. The molecule has 0 radical (unpaired) electrons. The van der Waals surface area contributed by atoms with Gasteiger partial charge in [0.25, 0.3) is 0 Å². The highest BCUT2D eigenvalue weighted by atomic mass is 16.5. The summed E-state index contributed by atoms with van der Waals surface area (Å²) in [5.41, 5.74) is 28.2. The molecule has 0 aromatic carbocycles. The van der Waals surface area contributed by atoms with Crippen molar-refractivity contribution in [1.82, 2.24) is 4.98 Å². The number of pyridine rings is 1. The Kier molecular flexibility index (Phi) is 12.8. The molecular weight excluding hydrogens is 370 g/mol. The molecule has 1 heterocycles. The minimum Gasteiger partial charge on any atom is -0.478 e. The number of nitrogens with two attached hydrogens (primary N) is 5. The summed E-state index contributed by atoms with van der Waals surface area (Å²) in [5.74, 6) is 1.01. The lowest BCUT2D eigenvalue weighted by molar-refractivity contribution is 0.302. The topological polar surface area (TPSA) is 189 Å². The Hall–Kier alpha value is -2.72. The molecule has 0 amide bonds. The van der Waals surface area contributed by atoms with Crippen molar-refractivity contribution >= 4 is 18.1 Å². The molecule has 0 aliphatic carbocycles. The Morgan fingerprint density at radius 2 is 1.66 bits per heavy atom. The van der Waals surface area contributed by atoms with E-state index in [0.717, 1.165) is 50.5 Å². The second kappa shape index (κ2) is 15.2. The van der Waals surface area contributed by atoms with Crippen molar-refractivity contribution < 1.29 is 4.74 Å². The maximum absolute atomic E-state index is 5.78. The van der Waals surface area contributed by atoms with Gasteiger partial charge in [0.15, 0.2) is 5.96 Å². The van der Waals surface area contributed by atoms with Crippen LogP contribution in [-0.4, -0.2) is 42.8 Å². The van der Waals surface area contributed by atoms with E-state index in [4.69, 9.17) is 33.4 Å². The van der Waals surface area contributed by atoms with Crippen LogP contribution in [-0.2, 0) is 0 Å². The molecule has 0 unspecified atom stereocenters. The lowest BCUT2D eigenvalue weighted by Gasteiger charge is -2.07. The minimum atomic E-state index is -0.526. The Bertz CT molecular complexity index is 638. The summed E-state index contributed by atoms with van der Waals surface area (Å²) in [6, 6.07) is 3.56. The molecule has 0 saturated heterocycles. The number of aromatic nitrogens is 1. The molecule has 0 aliphatic heterocycles. The highest BCUT2D eigenvalue weighted by Crippen LogP contribution is 2.10. The molecular formula is C19H35N9O. The van der Waals surface area contributed by atoms with Gasteiger partial charge in [0.05, 0.1) is 12.8 Å². The van der Waals surface area contributed by atoms with Crippen LogP contribution in [0.4, 0.5) is 0 Å². The second-order valence-corrected chi connectivity index (χ2v) is 6.57. The average Bonchev–Trinajstić information content (AvgIpc) is 2.69. The van der Waals surface area contributed by atoms with E-state index < -0.39 is 6.17 Å². The Morgan fingerprint density at radius 1 is 0.966 bits per heavy atom. The van der Waals surface area contributed by atoms with Crippen LogP contribution in [0.25, 0.3) is 0 Å². The van der Waals surface area contributed by atoms with E-state index >= 15 is 0 Å². The van der Waals surface area contributed by atoms with E-state index in [9.17, 15) is 0 Å². The highest BCUT2D eigenvalue weighted by molar-refractivity contribution is 5.86. The maximum Gasteiger partial charge on any atom is 0.214 e. The van der Waals surface area contributed by atoms with Gasteiger partial charge < -0.3 is 33.4 Å². The van der Waals surface area contributed by atoms with Crippen molar-refractivity contribution in [1.29, 1.82) is 0 Å². The zero-order valence-corrected chi connectivity index (χ0v) is 17.0. The lowest BCUT2D eigenvalue weighted by Crippen LogP contribution is -2.22. The van der Waals surface area contributed by atoms with E-state index in [-0.39, 0.29) is 5.96 Å². The quantitative estimate of drug-likeness (QED) is 0.131. The predicted molar refractivity (Wildman–Crippen MR) is 119 cm³/mol. The number of guanidine groups is 2. The first kappa shape index (κ1) is 24.3. The van der Waals surface area contributed by atoms with Crippen LogP contribution in [0.15, 0.2) is 33.3 Å². The first-order chi connectivity index (χ1) is 14.0. The maximum atomic E-state index is 5.78. The molecule has 0 bridgehead atoms. The summed E-state index contributed by atoms with van der Waals surface area (Å²) >= 11 is 0. The van der Waals surface area contributed by atoms with Crippen LogP contribution in [0.1, 0.15) is 56.7 Å². The fourth-order valence-corrected chi connectivity index (χ4v) is 2.38. The fraction of sp³-hybridized carbons (Fsp3) is 0.579. The van der Waals surface area contributed by atoms with E-state index in [2.05, 4.69) is 20.0 Å². The summed E-state index contributed by atoms with van der Waals surface area (Å²) in [6.07, 6.45) is 9.74. The molecule has 29 heavy (non-hydrogen) atoms. The van der Waals surface area contributed by atoms with Crippen molar-refractivity contribution in [2.75, 3.05) is 19.7 Å². The number of rotatable bonds is 14. The number of nitrogens with zero attached hydrogens (tertiary/aromatic N) is 4. The lowest BCUT2D eigenvalue weighted by atomic mass is 10.1. The first-order valence-electron chi connectivity index (χ1n) is 9.97. The van der Waals surface area contributed by atoms with Crippen LogP contribution in [0.3, 0.4) is 0 Å². The number of aliphatic imine (C=N–C) groups is 3. The highest BCUT2D eigenvalue weighted by Gasteiger charge is 2.01. The summed E-state index contributed by atoms with van der Waals surface area (Å²) in [6.45, 7) is 1.92. The van der Waals surface area contributed by atoms with Crippen molar-refractivity contribution in [3.8, 4) is 5.88 Å². The molecule has 0 atom stereocenters. The van der Waals surface area contributed by atoms with Crippen molar-refractivity contribution in [3.05, 3.63) is 23.9 Å². The van der Waals surface area contributed by atoms with Crippen molar-refractivity contribution in [2.45, 2.75) is 51.1 Å². The molecule has 1 rings (SSSR count). The second-order valence-electron chi connectivity index (χ2n) is 6.57. The summed E-state index contributed by atoms with van der Waals surface area (Å²) < 4.78 is 5.55. The van der Waals surface area contributed by atoms with Gasteiger partial charge in [0.2, 0.25) is 11.8 Å². The summed E-state index contributed by atoms with van der Waals surface area (Å²) in [5, 5.41) is 0. The summed E-state index contributed by atoms with van der Waals surface area (Å²) in [4.78, 5) is 16.5. The fourth-order valence-electron chi connectivity index (χ4n) is 2.38. The molecule has 10 nitrogen and oxygen atoms in total. The van der Waals surface area contributed by atoms with Gasteiger partial charge in [-0.3, -0.25) is 9.98 Å².